The Balaban J connectivity index is 2.02. The van der Waals surface area contributed by atoms with Crippen LogP contribution in [-0.4, -0.2) is 35.9 Å². The molecular weight excluding hydrogens is 313 g/mol. The van der Waals surface area contributed by atoms with Crippen LogP contribution in [0.2, 0.25) is 0 Å². The molecule has 22 heavy (non-hydrogen) atoms. The Kier molecular flexibility index (Phi) is 3.17. The Hall–Kier alpha value is -2.09. The molecule has 0 aromatic heterocycles. The van der Waals surface area contributed by atoms with Crippen LogP contribution in [0.1, 0.15) is 18.9 Å². The van der Waals surface area contributed by atoms with Gasteiger partial charge in [0.15, 0.2) is 5.60 Å². The molecule has 2 aliphatic heterocycles. The average Bonchev–Trinajstić information content (AvgIpc) is 2.92. The van der Waals surface area contributed by atoms with E-state index in [0.717, 1.165) is 10.4 Å². The molecule has 1 saturated heterocycles. The van der Waals surface area contributed by atoms with E-state index in [1.54, 1.807) is 0 Å². The van der Waals surface area contributed by atoms with E-state index in [9.17, 15) is 22.7 Å². The average molecular weight is 327 g/mol. The largest absolute Gasteiger partial charge is 0.501 e. The zero-order valence-corrected chi connectivity index (χ0v) is 12.6. The maximum atomic E-state index is 13.4. The summed E-state index contributed by atoms with van der Waals surface area (Å²) in [6.07, 6.45) is 0.382. The summed E-state index contributed by atoms with van der Waals surface area (Å²) in [6, 6.07) is 5.22. The number of nitrogens with zero attached hydrogens (tertiary/aromatic N) is 1. The van der Waals surface area contributed by atoms with Gasteiger partial charge in [-0.05, 0) is 25.5 Å². The first kappa shape index (κ1) is 14.8. The fraction of sp³-hybridized carbons (Fsp3) is 0.357. The number of Topliss-reactive ketones (excluding diaryl/α,β-unsaturated/α-hetero) is 1. The monoisotopic (exact) mass is 327 g/mol. The number of sulfonamides is 1. The smallest absolute Gasteiger partial charge is 0.252 e. The summed E-state index contributed by atoms with van der Waals surface area (Å²) in [7, 11) is -3.60. The van der Waals surface area contributed by atoms with Crippen LogP contribution < -0.4 is 0 Å². The number of halogens is 1. The minimum absolute atomic E-state index is 0.0714. The Bertz CT molecular complexity index is 788. The van der Waals surface area contributed by atoms with Gasteiger partial charge in [0.25, 0.3) is 11.7 Å². The van der Waals surface area contributed by atoms with Crippen molar-refractivity contribution in [3.05, 3.63) is 47.3 Å². The minimum atomic E-state index is -3.60. The molecule has 2 heterocycles. The van der Waals surface area contributed by atoms with Crippen molar-refractivity contribution >= 4 is 15.8 Å². The van der Waals surface area contributed by atoms with Crippen LogP contribution in [0, 0.1) is 5.82 Å². The highest BCUT2D eigenvalue weighted by Crippen LogP contribution is 2.40. The molecular formula is C14H14FNO5S. The van der Waals surface area contributed by atoms with Crippen molar-refractivity contribution < 1.29 is 27.4 Å². The van der Waals surface area contributed by atoms with Crippen LogP contribution in [0.4, 0.5) is 4.39 Å². The number of aliphatic hydroxyl groups is 1. The molecule has 1 aromatic rings. The zero-order chi connectivity index (χ0) is 16.1. The van der Waals surface area contributed by atoms with Gasteiger partial charge in [-0.2, -0.15) is 0 Å². The molecule has 1 N–H and O–H groups in total. The first-order chi connectivity index (χ1) is 10.3. The molecule has 1 unspecified atom stereocenters. The van der Waals surface area contributed by atoms with Gasteiger partial charge in [-0.15, -0.1) is 0 Å². The fourth-order valence-corrected chi connectivity index (χ4v) is 4.12. The van der Waals surface area contributed by atoms with Gasteiger partial charge in [0.1, 0.15) is 5.82 Å². The molecule has 1 fully saturated rings. The lowest BCUT2D eigenvalue weighted by Crippen LogP contribution is -2.32. The molecule has 2 aliphatic rings. The fourth-order valence-electron chi connectivity index (χ4n) is 2.62. The molecule has 6 nitrogen and oxygen atoms in total. The number of hydrogen-bond acceptors (Lipinski definition) is 5. The molecule has 0 saturated carbocycles. The molecule has 8 heteroatoms. The SMILES string of the molecule is CC1(c2cccc(F)c2)OC(N2CCCS2(=O)=O)=C(O)C1=O. The summed E-state index contributed by atoms with van der Waals surface area (Å²) >= 11 is 0. The van der Waals surface area contributed by atoms with Gasteiger partial charge >= 0.3 is 0 Å². The van der Waals surface area contributed by atoms with Crippen molar-refractivity contribution in [3.63, 3.8) is 0 Å². The molecule has 0 amide bonds. The van der Waals surface area contributed by atoms with E-state index in [1.165, 1.54) is 25.1 Å². The third kappa shape index (κ3) is 2.06. The van der Waals surface area contributed by atoms with Crippen molar-refractivity contribution in [2.45, 2.75) is 18.9 Å². The minimum Gasteiger partial charge on any atom is -0.501 e. The van der Waals surface area contributed by atoms with Gasteiger partial charge in [0.05, 0.1) is 5.75 Å². The van der Waals surface area contributed by atoms with Gasteiger partial charge in [0, 0.05) is 12.1 Å². The molecule has 1 atom stereocenters. The Morgan fingerprint density at radius 1 is 1.41 bits per heavy atom. The second-order valence-electron chi connectivity index (χ2n) is 5.37. The predicted molar refractivity (Wildman–Crippen MR) is 74.6 cm³/mol. The zero-order valence-electron chi connectivity index (χ0n) is 11.7. The standard InChI is InChI=1S/C14H14FNO5S/c1-14(9-4-2-5-10(15)8-9)12(18)11(17)13(21-14)16-6-3-7-22(16,19)20/h2,4-5,8,17H,3,6-7H2,1H3. The van der Waals surface area contributed by atoms with Gasteiger partial charge in [-0.3, -0.25) is 4.79 Å². The summed E-state index contributed by atoms with van der Waals surface area (Å²) in [5.41, 5.74) is -1.45. The molecule has 3 rings (SSSR count). The number of hydrogen-bond donors (Lipinski definition) is 1. The highest BCUT2D eigenvalue weighted by Gasteiger charge is 2.51. The molecule has 1 aromatic carbocycles. The summed E-state index contributed by atoms with van der Waals surface area (Å²) in [4.78, 5) is 12.3. The van der Waals surface area contributed by atoms with Crippen molar-refractivity contribution in [3.8, 4) is 0 Å². The van der Waals surface area contributed by atoms with Crippen molar-refractivity contribution in [1.29, 1.82) is 0 Å². The second kappa shape index (κ2) is 4.70. The molecule has 0 spiro atoms. The van der Waals surface area contributed by atoms with Crippen LogP contribution >= 0.6 is 0 Å². The van der Waals surface area contributed by atoms with E-state index in [-0.39, 0.29) is 23.7 Å². The van der Waals surface area contributed by atoms with Gasteiger partial charge < -0.3 is 9.84 Å². The Morgan fingerprint density at radius 3 is 2.73 bits per heavy atom. The quantitative estimate of drug-likeness (QED) is 0.888. The first-order valence-electron chi connectivity index (χ1n) is 6.69. The lowest BCUT2D eigenvalue weighted by molar-refractivity contribution is -0.132. The maximum absolute atomic E-state index is 13.4. The third-order valence-corrected chi connectivity index (χ3v) is 5.68. The maximum Gasteiger partial charge on any atom is 0.252 e. The topological polar surface area (TPSA) is 83.9 Å². The highest BCUT2D eigenvalue weighted by molar-refractivity contribution is 7.89. The third-order valence-electron chi connectivity index (χ3n) is 3.85. The summed E-state index contributed by atoms with van der Waals surface area (Å²) in [5.74, 6) is -2.56. The number of benzene rings is 1. The van der Waals surface area contributed by atoms with E-state index < -0.39 is 33.0 Å². The second-order valence-corrected chi connectivity index (χ2v) is 7.38. The van der Waals surface area contributed by atoms with E-state index in [2.05, 4.69) is 0 Å². The number of carbonyl (C=O) groups excluding carboxylic acids is 1. The van der Waals surface area contributed by atoms with E-state index in [1.807, 2.05) is 0 Å². The van der Waals surface area contributed by atoms with Crippen molar-refractivity contribution in [2.75, 3.05) is 12.3 Å². The number of carbonyl (C=O) groups is 1. The van der Waals surface area contributed by atoms with Crippen LogP contribution in [0.5, 0.6) is 0 Å². The summed E-state index contributed by atoms with van der Waals surface area (Å²) in [6.45, 7) is 1.50. The van der Waals surface area contributed by atoms with Gasteiger partial charge in [-0.25, -0.2) is 17.1 Å². The highest BCUT2D eigenvalue weighted by atomic mass is 32.2. The lowest BCUT2D eigenvalue weighted by atomic mass is 9.91. The Labute approximate surface area is 126 Å². The molecule has 0 aliphatic carbocycles. The van der Waals surface area contributed by atoms with Crippen LogP contribution in [0.15, 0.2) is 35.9 Å². The molecule has 118 valence electrons. The number of ketones is 1. The van der Waals surface area contributed by atoms with Gasteiger partial charge in [-0.1, -0.05) is 12.1 Å². The normalized spacial score (nSPS) is 27.4. The number of ether oxygens (including phenoxy) is 1. The van der Waals surface area contributed by atoms with E-state index in [4.69, 9.17) is 4.74 Å². The van der Waals surface area contributed by atoms with Gasteiger partial charge in [0.2, 0.25) is 15.8 Å². The number of aliphatic hydroxyl groups excluding tert-OH is 1. The van der Waals surface area contributed by atoms with Crippen molar-refractivity contribution in [2.24, 2.45) is 0 Å². The lowest BCUT2D eigenvalue weighted by Gasteiger charge is -2.26. The summed E-state index contributed by atoms with van der Waals surface area (Å²) < 4.78 is 43.6. The molecule has 0 bridgehead atoms. The number of rotatable bonds is 2. The summed E-state index contributed by atoms with van der Waals surface area (Å²) in [5, 5.41) is 10.0. The first-order valence-corrected chi connectivity index (χ1v) is 8.30. The van der Waals surface area contributed by atoms with Crippen LogP contribution in [0.3, 0.4) is 0 Å². The van der Waals surface area contributed by atoms with E-state index >= 15 is 0 Å². The predicted octanol–water partition coefficient (Wildman–Crippen LogP) is 1.40. The van der Waals surface area contributed by atoms with E-state index in [0.29, 0.717) is 6.42 Å². The van der Waals surface area contributed by atoms with Crippen molar-refractivity contribution in [1.82, 2.24) is 4.31 Å². The van der Waals surface area contributed by atoms with Crippen LogP contribution in [-0.2, 0) is 25.2 Å². The van der Waals surface area contributed by atoms with Crippen LogP contribution in [0.25, 0.3) is 0 Å². The molecule has 0 radical (unpaired) electrons. The Morgan fingerprint density at radius 2 is 2.14 bits per heavy atom.